The SMILES string of the molecule is CCN(CC)S(=O)(=O)c1cccc(C(=O)N/N=C/c2ccc(C)o2)c1. The number of amides is 1. The first-order chi connectivity index (χ1) is 11.9. The van der Waals surface area contributed by atoms with Gasteiger partial charge in [-0.3, -0.25) is 4.79 Å². The van der Waals surface area contributed by atoms with Crippen molar-refractivity contribution in [2.45, 2.75) is 25.7 Å². The van der Waals surface area contributed by atoms with Crippen LogP contribution < -0.4 is 5.43 Å². The number of hydrazone groups is 1. The molecule has 134 valence electrons. The molecule has 2 aromatic rings. The third-order valence-electron chi connectivity index (χ3n) is 3.56. The summed E-state index contributed by atoms with van der Waals surface area (Å²) in [4.78, 5) is 12.2. The van der Waals surface area contributed by atoms with Crippen LogP contribution in [0.2, 0.25) is 0 Å². The average molecular weight is 363 g/mol. The van der Waals surface area contributed by atoms with Gasteiger partial charge in [0.15, 0.2) is 0 Å². The minimum absolute atomic E-state index is 0.0782. The number of benzene rings is 1. The molecule has 1 aromatic heterocycles. The van der Waals surface area contributed by atoms with Crippen LogP contribution in [-0.4, -0.2) is 37.9 Å². The highest BCUT2D eigenvalue weighted by Crippen LogP contribution is 2.17. The lowest BCUT2D eigenvalue weighted by Gasteiger charge is -2.18. The summed E-state index contributed by atoms with van der Waals surface area (Å²) in [6.07, 6.45) is 1.38. The van der Waals surface area contributed by atoms with Crippen LogP contribution in [0.25, 0.3) is 0 Å². The second kappa shape index (κ2) is 8.09. The molecular weight excluding hydrogens is 342 g/mol. The lowest BCUT2D eigenvalue weighted by Crippen LogP contribution is -2.30. The van der Waals surface area contributed by atoms with Gasteiger partial charge >= 0.3 is 0 Å². The molecule has 0 aliphatic rings. The van der Waals surface area contributed by atoms with Gasteiger partial charge in [0, 0.05) is 18.7 Å². The van der Waals surface area contributed by atoms with Crippen molar-refractivity contribution in [3.63, 3.8) is 0 Å². The second-order valence-electron chi connectivity index (χ2n) is 5.26. The van der Waals surface area contributed by atoms with Crippen LogP contribution in [0.1, 0.15) is 35.7 Å². The molecule has 0 fully saturated rings. The van der Waals surface area contributed by atoms with Gasteiger partial charge in [-0.25, -0.2) is 13.8 Å². The van der Waals surface area contributed by atoms with Crippen LogP contribution in [0.3, 0.4) is 0 Å². The maximum absolute atomic E-state index is 12.5. The lowest BCUT2D eigenvalue weighted by molar-refractivity contribution is 0.0955. The fourth-order valence-electron chi connectivity index (χ4n) is 2.25. The lowest BCUT2D eigenvalue weighted by atomic mass is 10.2. The normalized spacial score (nSPS) is 12.0. The van der Waals surface area contributed by atoms with E-state index in [1.807, 2.05) is 0 Å². The van der Waals surface area contributed by atoms with Gasteiger partial charge in [0.2, 0.25) is 10.0 Å². The van der Waals surface area contributed by atoms with Crippen LogP contribution >= 0.6 is 0 Å². The predicted octanol–water partition coefficient (Wildman–Crippen LogP) is 2.38. The first kappa shape index (κ1) is 18.9. The van der Waals surface area contributed by atoms with Crippen LogP contribution in [0.15, 0.2) is 50.8 Å². The number of hydrogen-bond donors (Lipinski definition) is 1. The minimum atomic E-state index is -3.62. The average Bonchev–Trinajstić information content (AvgIpc) is 3.01. The maximum Gasteiger partial charge on any atom is 0.271 e. The predicted molar refractivity (Wildman–Crippen MR) is 95.1 cm³/mol. The molecule has 1 heterocycles. The van der Waals surface area contributed by atoms with Crippen molar-refractivity contribution in [1.29, 1.82) is 0 Å². The topological polar surface area (TPSA) is 92.0 Å². The maximum atomic E-state index is 12.5. The first-order valence-corrected chi connectivity index (χ1v) is 9.32. The summed E-state index contributed by atoms with van der Waals surface area (Å²) < 4.78 is 31.7. The Morgan fingerprint density at radius 1 is 1.24 bits per heavy atom. The van der Waals surface area contributed by atoms with Crippen molar-refractivity contribution in [2.24, 2.45) is 5.10 Å². The van der Waals surface area contributed by atoms with Gasteiger partial charge in [0.1, 0.15) is 11.5 Å². The molecule has 25 heavy (non-hydrogen) atoms. The zero-order valence-corrected chi connectivity index (χ0v) is 15.2. The molecule has 1 N–H and O–H groups in total. The number of nitrogens with zero attached hydrogens (tertiary/aromatic N) is 2. The van der Waals surface area contributed by atoms with E-state index >= 15 is 0 Å². The number of carbonyl (C=O) groups is 1. The summed E-state index contributed by atoms with van der Waals surface area (Å²) in [5.41, 5.74) is 2.56. The van der Waals surface area contributed by atoms with Gasteiger partial charge in [-0.2, -0.15) is 9.41 Å². The highest BCUT2D eigenvalue weighted by Gasteiger charge is 2.22. The van der Waals surface area contributed by atoms with Crippen molar-refractivity contribution in [3.8, 4) is 0 Å². The molecule has 0 bridgehead atoms. The Labute approximate surface area is 147 Å². The quantitative estimate of drug-likeness (QED) is 0.604. The summed E-state index contributed by atoms with van der Waals surface area (Å²) in [5, 5.41) is 3.81. The molecule has 0 aliphatic heterocycles. The van der Waals surface area contributed by atoms with Gasteiger partial charge in [0.25, 0.3) is 5.91 Å². The second-order valence-corrected chi connectivity index (χ2v) is 7.20. The van der Waals surface area contributed by atoms with Crippen molar-refractivity contribution in [1.82, 2.24) is 9.73 Å². The van der Waals surface area contributed by atoms with E-state index in [1.165, 1.54) is 34.8 Å². The molecule has 0 spiro atoms. The molecular formula is C17H21N3O4S. The van der Waals surface area contributed by atoms with Crippen LogP contribution in [0.5, 0.6) is 0 Å². The van der Waals surface area contributed by atoms with E-state index < -0.39 is 15.9 Å². The molecule has 0 aliphatic carbocycles. The Kier molecular flexibility index (Phi) is 6.11. The van der Waals surface area contributed by atoms with E-state index in [-0.39, 0.29) is 10.5 Å². The molecule has 7 nitrogen and oxygen atoms in total. The monoisotopic (exact) mass is 363 g/mol. The van der Waals surface area contributed by atoms with E-state index in [2.05, 4.69) is 10.5 Å². The Morgan fingerprint density at radius 3 is 2.56 bits per heavy atom. The molecule has 1 aromatic carbocycles. The summed E-state index contributed by atoms with van der Waals surface area (Å²) in [7, 11) is -3.62. The number of furan rings is 1. The van der Waals surface area contributed by atoms with E-state index in [9.17, 15) is 13.2 Å². The van der Waals surface area contributed by atoms with Crippen molar-refractivity contribution >= 4 is 22.1 Å². The Morgan fingerprint density at radius 2 is 1.96 bits per heavy atom. The van der Waals surface area contributed by atoms with Gasteiger partial charge in [-0.15, -0.1) is 0 Å². The van der Waals surface area contributed by atoms with Crippen LogP contribution in [0, 0.1) is 6.92 Å². The highest BCUT2D eigenvalue weighted by atomic mass is 32.2. The zero-order valence-electron chi connectivity index (χ0n) is 14.4. The number of hydrogen-bond acceptors (Lipinski definition) is 5. The third kappa shape index (κ3) is 4.55. The molecule has 2 rings (SSSR count). The summed E-state index contributed by atoms with van der Waals surface area (Å²) in [5.74, 6) is 0.744. The molecule has 8 heteroatoms. The van der Waals surface area contributed by atoms with Crippen molar-refractivity contribution < 1.29 is 17.6 Å². The number of rotatable bonds is 7. The Balaban J connectivity index is 2.15. The first-order valence-electron chi connectivity index (χ1n) is 7.88. The molecule has 1 amide bonds. The summed E-state index contributed by atoms with van der Waals surface area (Å²) in [6, 6.07) is 9.38. The van der Waals surface area contributed by atoms with Gasteiger partial charge in [-0.05, 0) is 37.3 Å². The van der Waals surface area contributed by atoms with E-state index in [0.29, 0.717) is 18.8 Å². The smallest absolute Gasteiger partial charge is 0.271 e. The number of sulfonamides is 1. The van der Waals surface area contributed by atoms with E-state index in [1.54, 1.807) is 32.9 Å². The van der Waals surface area contributed by atoms with E-state index in [0.717, 1.165) is 5.76 Å². The summed E-state index contributed by atoms with van der Waals surface area (Å²) >= 11 is 0. The number of aryl methyl sites for hydroxylation is 1. The molecule has 0 saturated carbocycles. The molecule has 0 unspecified atom stereocenters. The van der Waals surface area contributed by atoms with Crippen LogP contribution in [-0.2, 0) is 10.0 Å². The highest BCUT2D eigenvalue weighted by molar-refractivity contribution is 7.89. The van der Waals surface area contributed by atoms with Crippen molar-refractivity contribution in [3.05, 3.63) is 53.5 Å². The van der Waals surface area contributed by atoms with Gasteiger partial charge in [0.05, 0.1) is 11.1 Å². The third-order valence-corrected chi connectivity index (χ3v) is 5.60. The Hall–Kier alpha value is -2.45. The van der Waals surface area contributed by atoms with E-state index in [4.69, 9.17) is 4.42 Å². The fourth-order valence-corrected chi connectivity index (χ4v) is 3.76. The van der Waals surface area contributed by atoms with Crippen molar-refractivity contribution in [2.75, 3.05) is 13.1 Å². The minimum Gasteiger partial charge on any atom is -0.460 e. The number of nitrogens with one attached hydrogen (secondary N) is 1. The van der Waals surface area contributed by atoms with Crippen LogP contribution in [0.4, 0.5) is 0 Å². The molecule has 0 radical (unpaired) electrons. The fraction of sp³-hybridized carbons (Fsp3) is 0.294. The molecule has 0 saturated heterocycles. The van der Waals surface area contributed by atoms with Gasteiger partial charge < -0.3 is 4.42 Å². The largest absolute Gasteiger partial charge is 0.460 e. The van der Waals surface area contributed by atoms with Gasteiger partial charge in [-0.1, -0.05) is 19.9 Å². The molecule has 0 atom stereocenters. The Bertz CT molecular complexity index is 868. The summed E-state index contributed by atoms with van der Waals surface area (Å²) in [6.45, 7) is 6.06. The number of carbonyl (C=O) groups excluding carboxylic acids is 1. The standard InChI is InChI=1S/C17H21N3O4S/c1-4-20(5-2)25(22,23)16-8-6-7-14(11-16)17(21)19-18-12-15-10-9-13(3)24-15/h6-12H,4-5H2,1-3H3,(H,19,21)/b18-12+. The zero-order chi connectivity index (χ0) is 18.4.